The number of ether oxygens (including phenoxy) is 1. The fraction of sp³-hybridized carbons (Fsp3) is 0.692. The molecule has 0 atom stereocenters. The Kier molecular flexibility index (Phi) is 4.51. The Morgan fingerprint density at radius 2 is 2.06 bits per heavy atom. The van der Waals surface area contributed by atoms with E-state index in [1.54, 1.807) is 18.5 Å². The van der Waals surface area contributed by atoms with E-state index in [9.17, 15) is 9.90 Å². The molecule has 102 valence electrons. The number of methoxy groups -OCH3 is 1. The monoisotopic (exact) mass is 254 g/mol. The van der Waals surface area contributed by atoms with Crippen LogP contribution in [0.15, 0.2) is 6.20 Å². The molecule has 5 heteroatoms. The number of aromatic nitrogens is 2. The Balaban J connectivity index is 3.30. The summed E-state index contributed by atoms with van der Waals surface area (Å²) >= 11 is 0. The fourth-order valence-electron chi connectivity index (χ4n) is 1.89. The van der Waals surface area contributed by atoms with E-state index in [-0.39, 0.29) is 11.8 Å². The second kappa shape index (κ2) is 5.52. The second-order valence-electron chi connectivity index (χ2n) is 4.67. The number of nitrogens with zero attached hydrogens (tertiary/aromatic N) is 2. The average Bonchev–Trinajstić information content (AvgIpc) is 2.80. The minimum atomic E-state index is -1.35. The van der Waals surface area contributed by atoms with E-state index in [0.29, 0.717) is 24.3 Å². The molecule has 5 nitrogen and oxygen atoms in total. The Labute approximate surface area is 108 Å². The molecule has 1 aromatic rings. The predicted molar refractivity (Wildman–Crippen MR) is 69.0 cm³/mol. The lowest BCUT2D eigenvalue weighted by atomic mass is 9.90. The highest BCUT2D eigenvalue weighted by Crippen LogP contribution is 2.28. The fourth-order valence-corrected chi connectivity index (χ4v) is 1.89. The van der Waals surface area contributed by atoms with Crippen LogP contribution in [0.2, 0.25) is 0 Å². The third-order valence-corrected chi connectivity index (χ3v) is 3.28. The molecule has 0 bridgehead atoms. The van der Waals surface area contributed by atoms with Gasteiger partial charge < -0.3 is 9.84 Å². The zero-order valence-electron chi connectivity index (χ0n) is 11.7. The summed E-state index contributed by atoms with van der Waals surface area (Å²) in [5.74, 6) is 0.0876. The Morgan fingerprint density at radius 1 is 1.50 bits per heavy atom. The van der Waals surface area contributed by atoms with Gasteiger partial charge >= 0.3 is 0 Å². The highest BCUT2D eigenvalue weighted by molar-refractivity contribution is 6.03. The molecule has 0 radical (unpaired) electrons. The van der Waals surface area contributed by atoms with Crippen molar-refractivity contribution in [3.05, 3.63) is 11.9 Å². The van der Waals surface area contributed by atoms with E-state index in [1.165, 1.54) is 13.3 Å². The molecule has 0 saturated heterocycles. The molecule has 1 N–H and O–H groups in total. The SMILES string of the molecule is CCC(O)(CC)C(=O)c1c(OC)cnn1C(C)C. The number of carbonyl (C=O) groups is 1. The van der Waals surface area contributed by atoms with Gasteiger partial charge in [0.05, 0.1) is 13.3 Å². The van der Waals surface area contributed by atoms with Gasteiger partial charge in [-0.2, -0.15) is 5.10 Å². The van der Waals surface area contributed by atoms with Crippen molar-refractivity contribution in [1.29, 1.82) is 0 Å². The van der Waals surface area contributed by atoms with Gasteiger partial charge in [-0.1, -0.05) is 13.8 Å². The first kappa shape index (κ1) is 14.7. The van der Waals surface area contributed by atoms with E-state index >= 15 is 0 Å². The van der Waals surface area contributed by atoms with Crippen LogP contribution in [0.1, 0.15) is 57.1 Å². The van der Waals surface area contributed by atoms with E-state index in [4.69, 9.17) is 4.74 Å². The molecule has 0 aliphatic carbocycles. The number of ketones is 1. The molecule has 0 spiro atoms. The number of rotatable bonds is 6. The van der Waals surface area contributed by atoms with Crippen LogP contribution in [0, 0.1) is 0 Å². The Hall–Kier alpha value is -1.36. The smallest absolute Gasteiger partial charge is 0.216 e. The van der Waals surface area contributed by atoms with Crippen molar-refractivity contribution >= 4 is 5.78 Å². The van der Waals surface area contributed by atoms with Gasteiger partial charge in [0.15, 0.2) is 5.75 Å². The van der Waals surface area contributed by atoms with Crippen LogP contribution in [0.4, 0.5) is 0 Å². The summed E-state index contributed by atoms with van der Waals surface area (Å²) in [7, 11) is 1.50. The number of Topliss-reactive ketones (excluding diaryl/α,β-unsaturated/α-hetero) is 1. The van der Waals surface area contributed by atoms with Crippen LogP contribution in [0.3, 0.4) is 0 Å². The predicted octanol–water partition coefficient (Wildman–Crippen LogP) is 2.21. The molecule has 1 aromatic heterocycles. The lowest BCUT2D eigenvalue weighted by Crippen LogP contribution is -2.39. The van der Waals surface area contributed by atoms with E-state index < -0.39 is 5.60 Å². The number of aliphatic hydroxyl groups is 1. The molecular weight excluding hydrogens is 232 g/mol. The third-order valence-electron chi connectivity index (χ3n) is 3.28. The van der Waals surface area contributed by atoms with Crippen molar-refractivity contribution in [1.82, 2.24) is 9.78 Å². The lowest BCUT2D eigenvalue weighted by Gasteiger charge is -2.24. The molecule has 18 heavy (non-hydrogen) atoms. The van der Waals surface area contributed by atoms with Crippen molar-refractivity contribution in [2.24, 2.45) is 0 Å². The molecule has 1 heterocycles. The van der Waals surface area contributed by atoms with Crippen LogP contribution in [0.5, 0.6) is 5.75 Å². The highest BCUT2D eigenvalue weighted by atomic mass is 16.5. The minimum absolute atomic E-state index is 0.0332. The first-order chi connectivity index (χ1) is 8.41. The largest absolute Gasteiger partial charge is 0.493 e. The topological polar surface area (TPSA) is 64.3 Å². The maximum Gasteiger partial charge on any atom is 0.216 e. The Morgan fingerprint density at radius 3 is 2.44 bits per heavy atom. The molecule has 0 aliphatic rings. The van der Waals surface area contributed by atoms with Crippen LogP contribution in [-0.2, 0) is 0 Å². The van der Waals surface area contributed by atoms with E-state index in [0.717, 1.165) is 0 Å². The van der Waals surface area contributed by atoms with Crippen molar-refractivity contribution in [2.45, 2.75) is 52.2 Å². The zero-order valence-corrected chi connectivity index (χ0v) is 11.7. The van der Waals surface area contributed by atoms with Gasteiger partial charge in [-0.15, -0.1) is 0 Å². The van der Waals surface area contributed by atoms with Gasteiger partial charge in [0.25, 0.3) is 0 Å². The summed E-state index contributed by atoms with van der Waals surface area (Å²) in [6, 6.07) is 0.0332. The van der Waals surface area contributed by atoms with Gasteiger partial charge in [-0.05, 0) is 26.7 Å². The first-order valence-electron chi connectivity index (χ1n) is 6.29. The lowest BCUT2D eigenvalue weighted by molar-refractivity contribution is 0.0263. The molecule has 0 amide bonds. The summed E-state index contributed by atoms with van der Waals surface area (Å²) in [6.45, 7) is 7.45. The first-order valence-corrected chi connectivity index (χ1v) is 6.29. The summed E-state index contributed by atoms with van der Waals surface area (Å²) < 4.78 is 6.76. The molecule has 0 aliphatic heterocycles. The van der Waals surface area contributed by atoms with Gasteiger partial charge in [-0.3, -0.25) is 9.48 Å². The standard InChI is InChI=1S/C13H22N2O3/c1-6-13(17,7-2)12(16)11-10(18-5)8-14-15(11)9(3)4/h8-9,17H,6-7H2,1-5H3. The molecule has 0 fully saturated rings. The molecule has 0 aromatic carbocycles. The molecular formula is C13H22N2O3. The van der Waals surface area contributed by atoms with Crippen LogP contribution in [-0.4, -0.2) is 33.4 Å². The van der Waals surface area contributed by atoms with Gasteiger partial charge in [0.1, 0.15) is 11.3 Å². The summed E-state index contributed by atoms with van der Waals surface area (Å²) in [4.78, 5) is 12.5. The maximum absolute atomic E-state index is 12.5. The zero-order chi connectivity index (χ0) is 13.9. The third kappa shape index (κ3) is 2.41. The maximum atomic E-state index is 12.5. The average molecular weight is 254 g/mol. The molecule has 1 rings (SSSR count). The van der Waals surface area contributed by atoms with E-state index in [1.807, 2.05) is 13.8 Å². The summed E-state index contributed by atoms with van der Waals surface area (Å²) in [6.07, 6.45) is 2.25. The quantitative estimate of drug-likeness (QED) is 0.790. The van der Waals surface area contributed by atoms with Crippen molar-refractivity contribution < 1.29 is 14.6 Å². The van der Waals surface area contributed by atoms with Crippen molar-refractivity contribution in [2.75, 3.05) is 7.11 Å². The number of hydrogen-bond donors (Lipinski definition) is 1. The van der Waals surface area contributed by atoms with Crippen molar-refractivity contribution in [3.8, 4) is 5.75 Å². The van der Waals surface area contributed by atoms with Crippen LogP contribution < -0.4 is 4.74 Å². The summed E-state index contributed by atoms with van der Waals surface area (Å²) in [5.41, 5.74) is -1.00. The van der Waals surface area contributed by atoms with Crippen LogP contribution in [0.25, 0.3) is 0 Å². The van der Waals surface area contributed by atoms with E-state index in [2.05, 4.69) is 5.10 Å². The number of carbonyl (C=O) groups excluding carboxylic acids is 1. The summed E-state index contributed by atoms with van der Waals surface area (Å²) in [5, 5.41) is 14.5. The number of hydrogen-bond acceptors (Lipinski definition) is 4. The Bertz CT molecular complexity index is 420. The minimum Gasteiger partial charge on any atom is -0.493 e. The normalized spacial score (nSPS) is 11.9. The second-order valence-corrected chi connectivity index (χ2v) is 4.67. The van der Waals surface area contributed by atoms with Crippen LogP contribution >= 0.6 is 0 Å². The van der Waals surface area contributed by atoms with Gasteiger partial charge in [0, 0.05) is 6.04 Å². The van der Waals surface area contributed by atoms with Crippen molar-refractivity contribution in [3.63, 3.8) is 0 Å². The highest BCUT2D eigenvalue weighted by Gasteiger charge is 2.37. The van der Waals surface area contributed by atoms with Gasteiger partial charge in [0.2, 0.25) is 5.78 Å². The van der Waals surface area contributed by atoms with Gasteiger partial charge in [-0.25, -0.2) is 0 Å². The molecule has 0 saturated carbocycles. The molecule has 0 unspecified atom stereocenters.